The number of rotatable bonds is 5. The van der Waals surface area contributed by atoms with Crippen LogP contribution in [0.2, 0.25) is 0 Å². The molecule has 0 radical (unpaired) electrons. The smallest absolute Gasteiger partial charge is 0.319 e. The van der Waals surface area contributed by atoms with Crippen molar-refractivity contribution in [3.05, 3.63) is 18.2 Å². The van der Waals surface area contributed by atoms with Gasteiger partial charge in [0.1, 0.15) is 5.82 Å². The molecule has 114 valence electrons. The number of imidazole rings is 1. The maximum absolute atomic E-state index is 12.6. The highest BCUT2D eigenvalue weighted by Crippen LogP contribution is 2.39. The van der Waals surface area contributed by atoms with E-state index in [0.29, 0.717) is 12.4 Å². The van der Waals surface area contributed by atoms with Gasteiger partial charge >= 0.3 is 6.55 Å². The molecule has 0 spiro atoms. The largest absolute Gasteiger partial charge is 0.389 e. The first-order valence-electron chi connectivity index (χ1n) is 7.04. The van der Waals surface area contributed by atoms with Crippen molar-refractivity contribution in [1.29, 1.82) is 0 Å². The van der Waals surface area contributed by atoms with Crippen LogP contribution >= 0.6 is 0 Å². The lowest BCUT2D eigenvalue weighted by molar-refractivity contribution is -0.0248. The molecule has 1 aromatic rings. The molecule has 1 aliphatic rings. The van der Waals surface area contributed by atoms with Crippen molar-refractivity contribution in [3.8, 4) is 0 Å². The van der Waals surface area contributed by atoms with Gasteiger partial charge in [0.25, 0.3) is 0 Å². The van der Waals surface area contributed by atoms with Gasteiger partial charge in [0.15, 0.2) is 0 Å². The molecular weight excluding hydrogens is 264 g/mol. The van der Waals surface area contributed by atoms with E-state index in [2.05, 4.69) is 24.1 Å². The zero-order chi connectivity index (χ0) is 14.8. The number of nitrogens with one attached hydrogen (secondary N) is 1. The topological polar surface area (TPSA) is 50.1 Å². The van der Waals surface area contributed by atoms with E-state index in [4.69, 9.17) is 0 Å². The minimum atomic E-state index is -2.58. The second kappa shape index (κ2) is 5.77. The molecule has 1 saturated carbocycles. The zero-order valence-electron chi connectivity index (χ0n) is 12.1. The minimum Gasteiger partial charge on any atom is -0.389 e. The molecule has 1 fully saturated rings. The minimum absolute atomic E-state index is 0.239. The van der Waals surface area contributed by atoms with E-state index >= 15 is 0 Å². The van der Waals surface area contributed by atoms with Gasteiger partial charge < -0.3 is 10.4 Å². The fraction of sp³-hybridized carbons (Fsp3) is 0.786. The fourth-order valence-corrected chi connectivity index (χ4v) is 2.63. The van der Waals surface area contributed by atoms with Crippen LogP contribution in [-0.2, 0) is 6.54 Å². The van der Waals surface area contributed by atoms with Crippen LogP contribution in [0.25, 0.3) is 0 Å². The van der Waals surface area contributed by atoms with Gasteiger partial charge in [-0.2, -0.15) is 8.78 Å². The van der Waals surface area contributed by atoms with Crippen molar-refractivity contribution in [2.24, 2.45) is 5.41 Å². The van der Waals surface area contributed by atoms with Gasteiger partial charge in [-0.3, -0.25) is 4.57 Å². The zero-order valence-corrected chi connectivity index (χ0v) is 12.1. The number of halogens is 2. The SMILES string of the molecule is CC1(C)CCC(O)(CNCc2nccn2C(F)F)CC1. The summed E-state index contributed by atoms with van der Waals surface area (Å²) < 4.78 is 26.1. The molecule has 0 aliphatic heterocycles. The molecule has 6 heteroatoms. The summed E-state index contributed by atoms with van der Waals surface area (Å²) in [5, 5.41) is 13.5. The molecule has 1 aliphatic carbocycles. The van der Waals surface area contributed by atoms with Crippen LogP contribution in [0.15, 0.2) is 12.4 Å². The van der Waals surface area contributed by atoms with Crippen LogP contribution in [0, 0.1) is 5.41 Å². The Bertz CT molecular complexity index is 435. The predicted octanol–water partition coefficient (Wildman–Crippen LogP) is 2.70. The molecule has 1 aromatic heterocycles. The molecule has 0 unspecified atom stereocenters. The number of alkyl halides is 2. The monoisotopic (exact) mass is 287 g/mol. The van der Waals surface area contributed by atoms with Crippen molar-refractivity contribution in [2.45, 2.75) is 58.2 Å². The highest BCUT2D eigenvalue weighted by molar-refractivity contribution is 4.94. The van der Waals surface area contributed by atoms with Gasteiger partial charge in [-0.25, -0.2) is 4.98 Å². The number of nitrogens with zero attached hydrogens (tertiary/aromatic N) is 2. The van der Waals surface area contributed by atoms with E-state index in [0.717, 1.165) is 30.3 Å². The van der Waals surface area contributed by atoms with E-state index in [-0.39, 0.29) is 12.0 Å². The molecule has 0 amide bonds. The van der Waals surface area contributed by atoms with Crippen LogP contribution < -0.4 is 5.32 Å². The van der Waals surface area contributed by atoms with Crippen LogP contribution in [-0.4, -0.2) is 26.8 Å². The molecule has 20 heavy (non-hydrogen) atoms. The molecule has 2 N–H and O–H groups in total. The molecule has 0 atom stereocenters. The summed E-state index contributed by atoms with van der Waals surface area (Å²) in [6.45, 7) is 2.49. The summed E-state index contributed by atoms with van der Waals surface area (Å²) in [7, 11) is 0. The van der Waals surface area contributed by atoms with Gasteiger partial charge in [0.05, 0.1) is 12.1 Å². The molecule has 0 bridgehead atoms. The summed E-state index contributed by atoms with van der Waals surface area (Å²) in [4.78, 5) is 3.90. The van der Waals surface area contributed by atoms with E-state index in [1.807, 2.05) is 0 Å². The van der Waals surface area contributed by atoms with Crippen molar-refractivity contribution >= 4 is 0 Å². The summed E-state index contributed by atoms with van der Waals surface area (Å²) in [6.07, 6.45) is 6.08. The summed E-state index contributed by atoms with van der Waals surface area (Å²) in [6, 6.07) is 0. The molecule has 4 nitrogen and oxygen atoms in total. The standard InChI is InChI=1S/C14H23F2N3O/c1-13(2)3-5-14(20,6-4-13)10-17-9-11-18-7-8-19(11)12(15)16/h7-8,12,17,20H,3-6,9-10H2,1-2H3. The molecular formula is C14H23F2N3O. The molecule has 0 aromatic carbocycles. The molecule has 0 saturated heterocycles. The second-order valence-electron chi connectivity index (χ2n) is 6.52. The predicted molar refractivity (Wildman–Crippen MR) is 72.4 cm³/mol. The second-order valence-corrected chi connectivity index (χ2v) is 6.52. The number of hydrogen-bond donors (Lipinski definition) is 2. The van der Waals surface area contributed by atoms with Gasteiger partial charge in [0, 0.05) is 18.9 Å². The summed E-state index contributed by atoms with van der Waals surface area (Å²) in [5.41, 5.74) is -0.435. The lowest BCUT2D eigenvalue weighted by atomic mass is 9.71. The van der Waals surface area contributed by atoms with Crippen LogP contribution in [0.1, 0.15) is 51.9 Å². The van der Waals surface area contributed by atoms with E-state index in [9.17, 15) is 13.9 Å². The average molecular weight is 287 g/mol. The first-order valence-corrected chi connectivity index (χ1v) is 7.04. The third-order valence-electron chi connectivity index (χ3n) is 4.23. The van der Waals surface area contributed by atoms with Gasteiger partial charge in [-0.05, 0) is 31.1 Å². The summed E-state index contributed by atoms with van der Waals surface area (Å²) >= 11 is 0. The first kappa shape index (κ1) is 15.4. The Morgan fingerprint density at radius 2 is 2.00 bits per heavy atom. The number of hydrogen-bond acceptors (Lipinski definition) is 3. The maximum Gasteiger partial charge on any atom is 0.319 e. The Hall–Kier alpha value is -1.01. The lowest BCUT2D eigenvalue weighted by Gasteiger charge is -2.40. The Balaban J connectivity index is 1.82. The van der Waals surface area contributed by atoms with Crippen LogP contribution in [0.4, 0.5) is 8.78 Å². The van der Waals surface area contributed by atoms with Crippen LogP contribution in [0.5, 0.6) is 0 Å². The number of aromatic nitrogens is 2. The van der Waals surface area contributed by atoms with Crippen LogP contribution in [0.3, 0.4) is 0 Å². The third-order valence-corrected chi connectivity index (χ3v) is 4.23. The van der Waals surface area contributed by atoms with Crippen molar-refractivity contribution in [3.63, 3.8) is 0 Å². The van der Waals surface area contributed by atoms with E-state index < -0.39 is 12.2 Å². The normalized spacial score (nSPS) is 21.3. The van der Waals surface area contributed by atoms with Gasteiger partial charge in [-0.15, -0.1) is 0 Å². The first-order chi connectivity index (χ1) is 9.31. The Kier molecular flexibility index (Phi) is 4.44. The Labute approximate surface area is 118 Å². The maximum atomic E-state index is 12.6. The molecule has 1 heterocycles. The van der Waals surface area contributed by atoms with Crippen molar-refractivity contribution in [2.75, 3.05) is 6.54 Å². The highest BCUT2D eigenvalue weighted by atomic mass is 19.3. The quantitative estimate of drug-likeness (QED) is 0.875. The average Bonchev–Trinajstić information content (AvgIpc) is 2.82. The third kappa shape index (κ3) is 3.76. The van der Waals surface area contributed by atoms with Gasteiger partial charge in [0.2, 0.25) is 0 Å². The van der Waals surface area contributed by atoms with E-state index in [1.54, 1.807) is 0 Å². The lowest BCUT2D eigenvalue weighted by Crippen LogP contribution is -2.45. The fourth-order valence-electron chi connectivity index (χ4n) is 2.63. The highest BCUT2D eigenvalue weighted by Gasteiger charge is 2.36. The van der Waals surface area contributed by atoms with Crippen molar-refractivity contribution < 1.29 is 13.9 Å². The Morgan fingerprint density at radius 1 is 1.35 bits per heavy atom. The molecule has 2 rings (SSSR count). The van der Waals surface area contributed by atoms with Crippen molar-refractivity contribution in [1.82, 2.24) is 14.9 Å². The summed E-state index contributed by atoms with van der Waals surface area (Å²) in [5.74, 6) is 0.291. The Morgan fingerprint density at radius 3 is 2.60 bits per heavy atom. The van der Waals surface area contributed by atoms with E-state index in [1.165, 1.54) is 12.4 Å². The van der Waals surface area contributed by atoms with Gasteiger partial charge in [-0.1, -0.05) is 13.8 Å². The number of aliphatic hydroxyl groups is 1.